The van der Waals surface area contributed by atoms with Crippen LogP contribution in [0.15, 0.2) is 6.33 Å². The van der Waals surface area contributed by atoms with Crippen LogP contribution in [0.4, 0.5) is 0 Å². The molecule has 2 rings (SSSR count). The van der Waals surface area contributed by atoms with Crippen LogP contribution in [0.5, 0.6) is 0 Å². The zero-order valence-electron chi connectivity index (χ0n) is 7.64. The first-order chi connectivity index (χ1) is 6.36. The molecule has 0 bridgehead atoms. The van der Waals surface area contributed by atoms with E-state index in [1.807, 2.05) is 7.05 Å². The van der Waals surface area contributed by atoms with Crippen molar-refractivity contribution < 1.29 is 9.47 Å². The minimum Gasteiger partial charge on any atom is -0.379 e. The molecule has 0 spiro atoms. The maximum atomic E-state index is 5.58. The van der Waals surface area contributed by atoms with Crippen molar-refractivity contribution in [2.75, 3.05) is 13.2 Å². The third-order valence-electron chi connectivity index (χ3n) is 2.14. The van der Waals surface area contributed by atoms with Gasteiger partial charge in [-0.1, -0.05) is 0 Å². The lowest BCUT2D eigenvalue weighted by atomic mass is 10.3. The van der Waals surface area contributed by atoms with E-state index in [-0.39, 0.29) is 6.10 Å². The summed E-state index contributed by atoms with van der Waals surface area (Å²) in [6.07, 6.45) is 2.75. The predicted molar refractivity (Wildman–Crippen MR) is 45.0 cm³/mol. The molecule has 0 amide bonds. The molecule has 13 heavy (non-hydrogen) atoms. The number of hydrogen-bond acceptors (Lipinski definition) is 4. The maximum absolute atomic E-state index is 5.58. The number of ether oxygens (including phenoxy) is 2. The number of aryl methyl sites for hydroxylation is 1. The minimum atomic E-state index is 0.233. The molecule has 5 nitrogen and oxygen atoms in total. The summed E-state index contributed by atoms with van der Waals surface area (Å²) in [6, 6.07) is 0. The second-order valence-corrected chi connectivity index (χ2v) is 3.10. The normalized spacial score (nSPS) is 22.4. The van der Waals surface area contributed by atoms with E-state index < -0.39 is 0 Å². The van der Waals surface area contributed by atoms with Crippen molar-refractivity contribution in [2.24, 2.45) is 7.05 Å². The van der Waals surface area contributed by atoms with Crippen molar-refractivity contribution in [1.82, 2.24) is 14.8 Å². The van der Waals surface area contributed by atoms with Crippen molar-refractivity contribution in [3.05, 3.63) is 12.2 Å². The summed E-state index contributed by atoms with van der Waals surface area (Å²) in [5, 5.41) is 3.96. The molecule has 1 aromatic rings. The van der Waals surface area contributed by atoms with Gasteiger partial charge in [-0.15, -0.1) is 0 Å². The van der Waals surface area contributed by atoms with E-state index in [1.54, 1.807) is 4.68 Å². The van der Waals surface area contributed by atoms with E-state index in [2.05, 4.69) is 10.1 Å². The lowest BCUT2D eigenvalue weighted by molar-refractivity contribution is 0.0270. The molecule has 0 radical (unpaired) electrons. The van der Waals surface area contributed by atoms with Crippen LogP contribution in [0.2, 0.25) is 0 Å². The van der Waals surface area contributed by atoms with E-state index in [4.69, 9.17) is 9.47 Å². The zero-order valence-corrected chi connectivity index (χ0v) is 7.64. The second kappa shape index (κ2) is 3.85. The molecule has 1 aliphatic rings. The number of hydrogen-bond donors (Lipinski definition) is 0. The highest BCUT2D eigenvalue weighted by atomic mass is 16.5. The zero-order chi connectivity index (χ0) is 9.10. The van der Waals surface area contributed by atoms with Crippen LogP contribution in [-0.4, -0.2) is 34.1 Å². The summed E-state index contributed by atoms with van der Waals surface area (Å²) < 4.78 is 12.5. The fourth-order valence-electron chi connectivity index (χ4n) is 1.29. The third-order valence-corrected chi connectivity index (χ3v) is 2.14. The largest absolute Gasteiger partial charge is 0.379 e. The van der Waals surface area contributed by atoms with Crippen molar-refractivity contribution >= 4 is 0 Å². The highest BCUT2D eigenvalue weighted by Crippen LogP contribution is 2.09. The highest BCUT2D eigenvalue weighted by molar-refractivity contribution is 4.80. The van der Waals surface area contributed by atoms with Gasteiger partial charge in [-0.3, -0.25) is 4.68 Å². The Morgan fingerprint density at radius 1 is 1.77 bits per heavy atom. The van der Waals surface area contributed by atoms with Crippen LogP contribution in [0.1, 0.15) is 12.2 Å². The van der Waals surface area contributed by atoms with Crippen LogP contribution >= 0.6 is 0 Å². The van der Waals surface area contributed by atoms with Gasteiger partial charge in [0.15, 0.2) is 5.82 Å². The van der Waals surface area contributed by atoms with Crippen LogP contribution < -0.4 is 0 Å². The first-order valence-corrected chi connectivity index (χ1v) is 4.38. The maximum Gasteiger partial charge on any atom is 0.152 e. The Kier molecular flexibility index (Phi) is 2.56. The van der Waals surface area contributed by atoms with E-state index in [0.29, 0.717) is 13.2 Å². The van der Waals surface area contributed by atoms with Gasteiger partial charge in [-0.25, -0.2) is 4.98 Å². The van der Waals surface area contributed by atoms with Gasteiger partial charge in [0, 0.05) is 13.7 Å². The number of aromatic nitrogens is 3. The molecular weight excluding hydrogens is 170 g/mol. The standard InChI is InChI=1S/C8H13N3O2/c1-11-8(9-6-10-11)5-13-7-2-3-12-4-7/h6-7H,2-5H2,1H3. The minimum absolute atomic E-state index is 0.233. The van der Waals surface area contributed by atoms with Gasteiger partial charge >= 0.3 is 0 Å². The molecule has 0 saturated carbocycles. The fourth-order valence-corrected chi connectivity index (χ4v) is 1.29. The Hall–Kier alpha value is -0.940. The molecule has 2 heterocycles. The summed E-state index contributed by atoms with van der Waals surface area (Å²) >= 11 is 0. The lowest BCUT2D eigenvalue weighted by Gasteiger charge is -2.08. The molecule has 1 fully saturated rings. The van der Waals surface area contributed by atoms with Gasteiger partial charge in [0.2, 0.25) is 0 Å². The van der Waals surface area contributed by atoms with Crippen molar-refractivity contribution in [2.45, 2.75) is 19.1 Å². The second-order valence-electron chi connectivity index (χ2n) is 3.10. The van der Waals surface area contributed by atoms with E-state index in [0.717, 1.165) is 18.9 Å². The smallest absolute Gasteiger partial charge is 0.152 e. The molecular formula is C8H13N3O2. The molecule has 0 aromatic carbocycles. The third kappa shape index (κ3) is 2.05. The summed E-state index contributed by atoms with van der Waals surface area (Å²) in [6.45, 7) is 2.03. The average molecular weight is 183 g/mol. The highest BCUT2D eigenvalue weighted by Gasteiger charge is 2.16. The van der Waals surface area contributed by atoms with Gasteiger partial charge < -0.3 is 9.47 Å². The molecule has 1 atom stereocenters. The van der Waals surface area contributed by atoms with Crippen LogP contribution in [-0.2, 0) is 23.1 Å². The molecule has 1 unspecified atom stereocenters. The Morgan fingerprint density at radius 3 is 3.31 bits per heavy atom. The molecule has 1 aromatic heterocycles. The van der Waals surface area contributed by atoms with E-state index in [1.165, 1.54) is 6.33 Å². The first kappa shape index (κ1) is 8.65. The Bertz CT molecular complexity index is 268. The van der Waals surface area contributed by atoms with Crippen molar-refractivity contribution in [1.29, 1.82) is 0 Å². The van der Waals surface area contributed by atoms with Crippen LogP contribution in [0.3, 0.4) is 0 Å². The van der Waals surface area contributed by atoms with Gasteiger partial charge in [0.05, 0.1) is 12.7 Å². The van der Waals surface area contributed by atoms with Crippen molar-refractivity contribution in [3.63, 3.8) is 0 Å². The summed E-state index contributed by atoms with van der Waals surface area (Å²) in [5.74, 6) is 0.854. The number of nitrogens with zero attached hydrogens (tertiary/aromatic N) is 3. The Labute approximate surface area is 76.7 Å². The fraction of sp³-hybridized carbons (Fsp3) is 0.750. The summed E-state index contributed by atoms with van der Waals surface area (Å²) in [7, 11) is 1.86. The van der Waals surface area contributed by atoms with Crippen LogP contribution in [0.25, 0.3) is 0 Å². The molecule has 5 heteroatoms. The monoisotopic (exact) mass is 183 g/mol. The van der Waals surface area contributed by atoms with Gasteiger partial charge in [-0.05, 0) is 6.42 Å². The summed E-state index contributed by atoms with van der Waals surface area (Å²) in [4.78, 5) is 4.06. The van der Waals surface area contributed by atoms with Gasteiger partial charge in [0.1, 0.15) is 12.9 Å². The molecule has 0 N–H and O–H groups in total. The lowest BCUT2D eigenvalue weighted by Crippen LogP contribution is -2.14. The average Bonchev–Trinajstić information content (AvgIpc) is 2.72. The Morgan fingerprint density at radius 2 is 2.69 bits per heavy atom. The van der Waals surface area contributed by atoms with Crippen LogP contribution in [0, 0.1) is 0 Å². The Balaban J connectivity index is 1.82. The van der Waals surface area contributed by atoms with Gasteiger partial charge in [-0.2, -0.15) is 5.10 Å². The number of rotatable bonds is 3. The SMILES string of the molecule is Cn1ncnc1COC1CCOC1. The molecule has 1 aliphatic heterocycles. The predicted octanol–water partition coefficient (Wildman–Crippen LogP) is 0.121. The van der Waals surface area contributed by atoms with E-state index in [9.17, 15) is 0 Å². The molecule has 1 saturated heterocycles. The quantitative estimate of drug-likeness (QED) is 0.668. The topological polar surface area (TPSA) is 49.2 Å². The van der Waals surface area contributed by atoms with E-state index >= 15 is 0 Å². The van der Waals surface area contributed by atoms with Crippen molar-refractivity contribution in [3.8, 4) is 0 Å². The molecule has 0 aliphatic carbocycles. The summed E-state index contributed by atoms with van der Waals surface area (Å²) in [5.41, 5.74) is 0. The molecule has 72 valence electrons. The first-order valence-electron chi connectivity index (χ1n) is 4.38. The van der Waals surface area contributed by atoms with Gasteiger partial charge in [0.25, 0.3) is 0 Å².